The van der Waals surface area contributed by atoms with E-state index in [1.54, 1.807) is 11.1 Å². The molecule has 2 aromatic rings. The molecular formula is C28H38OSi. The van der Waals surface area contributed by atoms with Crippen LogP contribution in [0.2, 0.25) is 16.6 Å². The van der Waals surface area contributed by atoms with Gasteiger partial charge in [0.2, 0.25) is 0 Å². The number of fused-ring (bicyclic) bond motifs is 10. The zero-order valence-electron chi connectivity index (χ0n) is 19.6. The van der Waals surface area contributed by atoms with Crippen LogP contribution in [0.25, 0.3) is 10.8 Å². The molecule has 2 aromatic carbocycles. The molecule has 4 unspecified atom stereocenters. The predicted molar refractivity (Wildman–Crippen MR) is 131 cm³/mol. The summed E-state index contributed by atoms with van der Waals surface area (Å²) in [6.45, 7) is 14.5. The molecule has 0 aromatic heterocycles. The second-order valence-corrected chi connectivity index (χ2v) is 17.0. The van der Waals surface area contributed by atoms with Crippen molar-refractivity contribution < 1.29 is 4.74 Å². The monoisotopic (exact) mass is 418 g/mol. The number of benzene rings is 2. The van der Waals surface area contributed by atoms with Crippen molar-refractivity contribution in [2.24, 2.45) is 11.8 Å². The first kappa shape index (κ1) is 20.4. The van der Waals surface area contributed by atoms with Gasteiger partial charge in [-0.15, -0.1) is 0 Å². The van der Waals surface area contributed by atoms with E-state index in [1.165, 1.54) is 30.0 Å². The first-order valence-electron chi connectivity index (χ1n) is 12.3. The van der Waals surface area contributed by atoms with Gasteiger partial charge in [0.05, 0.1) is 14.3 Å². The fourth-order valence-electron chi connectivity index (χ4n) is 7.99. The minimum atomic E-state index is -1.59. The van der Waals surface area contributed by atoms with Gasteiger partial charge in [-0.1, -0.05) is 71.5 Å². The molecule has 160 valence electrons. The SMILES string of the molecule is CC(C)[Si](/C=C\Oc1cc2ccccc2c2c1C1C3CCC(C3)C21)(C(C)C)C(C)C. The minimum absolute atomic E-state index is 0.715. The lowest BCUT2D eigenvalue weighted by Crippen LogP contribution is -2.42. The van der Waals surface area contributed by atoms with Gasteiger partial charge in [-0.25, -0.2) is 0 Å². The average molecular weight is 419 g/mol. The molecule has 0 radical (unpaired) electrons. The summed E-state index contributed by atoms with van der Waals surface area (Å²) in [5, 5.41) is 2.83. The van der Waals surface area contributed by atoms with Gasteiger partial charge < -0.3 is 4.74 Å². The van der Waals surface area contributed by atoms with Crippen LogP contribution in [0.5, 0.6) is 5.75 Å². The number of hydrogen-bond acceptors (Lipinski definition) is 1. The van der Waals surface area contributed by atoms with E-state index in [-0.39, 0.29) is 0 Å². The van der Waals surface area contributed by atoms with Crippen molar-refractivity contribution in [1.82, 2.24) is 0 Å². The first-order chi connectivity index (χ1) is 14.4. The molecule has 0 spiro atoms. The summed E-state index contributed by atoms with van der Waals surface area (Å²) >= 11 is 0. The van der Waals surface area contributed by atoms with E-state index in [2.05, 4.69) is 83.8 Å². The lowest BCUT2D eigenvalue weighted by molar-refractivity contribution is 0.314. The smallest absolute Gasteiger partial charge is 0.130 e. The van der Waals surface area contributed by atoms with Gasteiger partial charge in [-0.05, 0) is 82.0 Å². The molecule has 2 bridgehead atoms. The Hall–Kier alpha value is -1.54. The van der Waals surface area contributed by atoms with E-state index in [0.29, 0.717) is 16.6 Å². The fourth-order valence-corrected chi connectivity index (χ4v) is 13.5. The lowest BCUT2D eigenvalue weighted by Gasteiger charge is -2.44. The highest BCUT2D eigenvalue weighted by atomic mass is 28.3. The zero-order valence-corrected chi connectivity index (χ0v) is 20.6. The molecule has 2 fully saturated rings. The normalized spacial score (nSPS) is 27.4. The molecule has 0 amide bonds. The Bertz CT molecular complexity index is 964. The largest absolute Gasteiger partial charge is 0.465 e. The number of hydrogen-bond donors (Lipinski definition) is 0. The van der Waals surface area contributed by atoms with Crippen LogP contribution in [0.3, 0.4) is 0 Å². The lowest BCUT2D eigenvalue weighted by atomic mass is 9.60. The van der Waals surface area contributed by atoms with Crippen molar-refractivity contribution in [2.45, 2.75) is 89.3 Å². The fraction of sp³-hybridized carbons (Fsp3) is 0.571. The van der Waals surface area contributed by atoms with E-state index in [9.17, 15) is 0 Å². The standard InChI is InChI=1S/C28H38OSi/c1-17(2)30(18(3)4,19(5)6)14-13-29-24-16-20-9-7-8-10-23(20)27-25-21-11-12-22(15-21)26(25)28(24)27/h7-10,13-14,16-19,21-22,25-26H,11-12,15H2,1-6H3/b14-13-. The highest BCUT2D eigenvalue weighted by molar-refractivity contribution is 6.87. The topological polar surface area (TPSA) is 9.23 Å². The highest BCUT2D eigenvalue weighted by Crippen LogP contribution is 2.70. The molecule has 0 saturated heterocycles. The summed E-state index contributed by atoms with van der Waals surface area (Å²) < 4.78 is 6.55. The third-order valence-electron chi connectivity index (χ3n) is 9.23. The van der Waals surface area contributed by atoms with Crippen molar-refractivity contribution >= 4 is 18.8 Å². The van der Waals surface area contributed by atoms with Gasteiger partial charge in [-0.3, -0.25) is 0 Å². The Balaban J connectivity index is 1.54. The zero-order chi connectivity index (χ0) is 21.2. The summed E-state index contributed by atoms with van der Waals surface area (Å²) in [7, 11) is -1.59. The van der Waals surface area contributed by atoms with Crippen LogP contribution in [0.15, 0.2) is 42.3 Å². The molecule has 30 heavy (non-hydrogen) atoms. The van der Waals surface area contributed by atoms with E-state index in [4.69, 9.17) is 4.74 Å². The maximum atomic E-state index is 6.55. The van der Waals surface area contributed by atoms with Crippen molar-refractivity contribution in [1.29, 1.82) is 0 Å². The van der Waals surface area contributed by atoms with Crippen LogP contribution in [0.4, 0.5) is 0 Å². The Morgan fingerprint density at radius 1 is 0.867 bits per heavy atom. The van der Waals surface area contributed by atoms with Crippen LogP contribution >= 0.6 is 0 Å². The van der Waals surface area contributed by atoms with Crippen molar-refractivity contribution in [3.05, 3.63) is 53.4 Å². The third kappa shape index (κ3) is 2.72. The van der Waals surface area contributed by atoms with Gasteiger partial charge >= 0.3 is 0 Å². The second kappa shape index (κ2) is 7.26. The van der Waals surface area contributed by atoms with Gasteiger partial charge in [0.15, 0.2) is 0 Å². The summed E-state index contributed by atoms with van der Waals surface area (Å²) in [5.41, 5.74) is 7.85. The third-order valence-corrected chi connectivity index (χ3v) is 15.9. The molecule has 2 saturated carbocycles. The summed E-state index contributed by atoms with van der Waals surface area (Å²) in [4.78, 5) is 0. The number of ether oxygens (including phenoxy) is 1. The molecule has 1 nitrogen and oxygen atoms in total. The van der Waals surface area contributed by atoms with Gasteiger partial charge in [0.1, 0.15) is 5.75 Å². The van der Waals surface area contributed by atoms with E-state index in [1.807, 2.05) is 0 Å². The van der Waals surface area contributed by atoms with Crippen molar-refractivity contribution in [3.8, 4) is 5.75 Å². The van der Waals surface area contributed by atoms with E-state index in [0.717, 1.165) is 29.4 Å². The Kier molecular flexibility index (Phi) is 4.93. The van der Waals surface area contributed by atoms with E-state index >= 15 is 0 Å². The molecule has 0 heterocycles. The van der Waals surface area contributed by atoms with Crippen LogP contribution in [-0.2, 0) is 0 Å². The second-order valence-electron chi connectivity index (χ2n) is 11.2. The molecule has 0 aliphatic heterocycles. The van der Waals surface area contributed by atoms with Crippen LogP contribution < -0.4 is 4.74 Å². The van der Waals surface area contributed by atoms with Crippen molar-refractivity contribution in [2.75, 3.05) is 0 Å². The maximum Gasteiger partial charge on any atom is 0.130 e. The maximum absolute atomic E-state index is 6.55. The number of rotatable bonds is 6. The van der Waals surface area contributed by atoms with Gasteiger partial charge in [0.25, 0.3) is 0 Å². The molecule has 2 heteroatoms. The Morgan fingerprint density at radius 2 is 1.47 bits per heavy atom. The van der Waals surface area contributed by atoms with Crippen LogP contribution in [0.1, 0.15) is 83.8 Å². The predicted octanol–water partition coefficient (Wildman–Crippen LogP) is 8.56. The molecule has 4 atom stereocenters. The van der Waals surface area contributed by atoms with E-state index < -0.39 is 8.07 Å². The molecular weight excluding hydrogens is 380 g/mol. The average Bonchev–Trinajstić information content (AvgIpc) is 3.24. The Labute approximate surface area is 183 Å². The van der Waals surface area contributed by atoms with Crippen molar-refractivity contribution in [3.63, 3.8) is 0 Å². The molecule has 3 aliphatic carbocycles. The van der Waals surface area contributed by atoms with Gasteiger partial charge in [-0.2, -0.15) is 0 Å². The van der Waals surface area contributed by atoms with Crippen LogP contribution in [0, 0.1) is 11.8 Å². The molecule has 3 aliphatic rings. The highest BCUT2D eigenvalue weighted by Gasteiger charge is 2.57. The minimum Gasteiger partial charge on any atom is -0.465 e. The summed E-state index contributed by atoms with van der Waals surface area (Å²) in [5.74, 6) is 4.52. The first-order valence-corrected chi connectivity index (χ1v) is 14.6. The van der Waals surface area contributed by atoms with Crippen LogP contribution in [-0.4, -0.2) is 8.07 Å². The Morgan fingerprint density at radius 3 is 2.10 bits per heavy atom. The summed E-state index contributed by atoms with van der Waals surface area (Å²) in [6, 6.07) is 11.3. The summed E-state index contributed by atoms with van der Waals surface area (Å²) in [6.07, 6.45) is 6.40. The molecule has 0 N–H and O–H groups in total. The molecule has 5 rings (SSSR count). The quantitative estimate of drug-likeness (QED) is 0.337. The van der Waals surface area contributed by atoms with Gasteiger partial charge in [0, 0.05) is 5.56 Å².